The standard InChI is InChI=1S/C22H30FN5O2/c1-5-11-27(4)22-24-13-20(23)21(26-22)28-12-10-19(14-28)30-18-8-6-17(7-9-18)15(2)25-16(3)29/h6-9,13,15,19H,5,10-12,14H2,1-4H3,(H,25,29)/t15-,19+/m0/s1. The molecule has 30 heavy (non-hydrogen) atoms. The largest absolute Gasteiger partial charge is 0.489 e. The second kappa shape index (κ2) is 9.73. The van der Waals surface area contributed by atoms with Crippen LogP contribution in [0.3, 0.4) is 0 Å². The van der Waals surface area contributed by atoms with Gasteiger partial charge in [-0.05, 0) is 31.0 Å². The topological polar surface area (TPSA) is 70.6 Å². The van der Waals surface area contributed by atoms with Gasteiger partial charge in [-0.3, -0.25) is 4.79 Å². The minimum Gasteiger partial charge on any atom is -0.489 e. The highest BCUT2D eigenvalue weighted by molar-refractivity contribution is 5.73. The van der Waals surface area contributed by atoms with Gasteiger partial charge in [-0.25, -0.2) is 9.37 Å². The molecule has 1 amide bonds. The van der Waals surface area contributed by atoms with E-state index in [4.69, 9.17) is 4.74 Å². The zero-order valence-corrected chi connectivity index (χ0v) is 18.1. The van der Waals surface area contributed by atoms with Crippen LogP contribution in [0.1, 0.15) is 45.2 Å². The average Bonchev–Trinajstić information content (AvgIpc) is 3.16. The molecule has 1 aliphatic heterocycles. The summed E-state index contributed by atoms with van der Waals surface area (Å²) in [5.74, 6) is 1.14. The summed E-state index contributed by atoms with van der Waals surface area (Å²) in [4.78, 5) is 23.6. The summed E-state index contributed by atoms with van der Waals surface area (Å²) in [5.41, 5.74) is 1.01. The lowest BCUT2D eigenvalue weighted by atomic mass is 10.1. The van der Waals surface area contributed by atoms with Gasteiger partial charge in [0, 0.05) is 33.5 Å². The molecule has 1 aromatic carbocycles. The van der Waals surface area contributed by atoms with Gasteiger partial charge in [0.15, 0.2) is 11.6 Å². The number of aromatic nitrogens is 2. The number of carbonyl (C=O) groups excluding carboxylic acids is 1. The van der Waals surface area contributed by atoms with Crippen LogP contribution in [0.25, 0.3) is 0 Å². The number of hydrogen-bond donors (Lipinski definition) is 1. The summed E-state index contributed by atoms with van der Waals surface area (Å²) in [6.07, 6.45) is 2.95. The summed E-state index contributed by atoms with van der Waals surface area (Å²) in [6, 6.07) is 7.64. The molecule has 0 bridgehead atoms. The Morgan fingerprint density at radius 2 is 2.13 bits per heavy atom. The quantitative estimate of drug-likeness (QED) is 0.713. The molecule has 3 rings (SSSR count). The van der Waals surface area contributed by atoms with Gasteiger partial charge >= 0.3 is 0 Å². The number of carbonyl (C=O) groups is 1. The normalized spacial score (nSPS) is 17.0. The Hall–Kier alpha value is -2.90. The first-order valence-corrected chi connectivity index (χ1v) is 10.4. The van der Waals surface area contributed by atoms with Crippen molar-refractivity contribution in [3.63, 3.8) is 0 Å². The Balaban J connectivity index is 1.62. The second-order valence-electron chi connectivity index (χ2n) is 7.73. The Bertz CT molecular complexity index is 861. The molecule has 1 N–H and O–H groups in total. The van der Waals surface area contributed by atoms with E-state index in [1.54, 1.807) is 0 Å². The molecular formula is C22H30FN5O2. The molecule has 0 saturated carbocycles. The third kappa shape index (κ3) is 5.37. The van der Waals surface area contributed by atoms with Gasteiger partial charge in [0.25, 0.3) is 0 Å². The Morgan fingerprint density at radius 1 is 1.40 bits per heavy atom. The summed E-state index contributed by atoms with van der Waals surface area (Å²) < 4.78 is 20.5. The smallest absolute Gasteiger partial charge is 0.227 e. The molecule has 2 aromatic rings. The molecule has 1 aromatic heterocycles. The lowest BCUT2D eigenvalue weighted by molar-refractivity contribution is -0.119. The van der Waals surface area contributed by atoms with Crippen LogP contribution in [0, 0.1) is 5.82 Å². The van der Waals surface area contributed by atoms with Gasteiger partial charge in [-0.1, -0.05) is 19.1 Å². The van der Waals surface area contributed by atoms with Gasteiger partial charge in [-0.2, -0.15) is 4.98 Å². The van der Waals surface area contributed by atoms with Crippen molar-refractivity contribution < 1.29 is 13.9 Å². The van der Waals surface area contributed by atoms with Gasteiger partial charge in [0.1, 0.15) is 11.9 Å². The van der Waals surface area contributed by atoms with Gasteiger partial charge in [0.05, 0.1) is 18.8 Å². The summed E-state index contributed by atoms with van der Waals surface area (Å²) in [6.45, 7) is 7.57. The van der Waals surface area contributed by atoms with Crippen LogP contribution in [-0.4, -0.2) is 48.7 Å². The van der Waals surface area contributed by atoms with E-state index in [2.05, 4.69) is 22.2 Å². The van der Waals surface area contributed by atoms with Crippen molar-refractivity contribution in [2.45, 2.75) is 45.8 Å². The fraction of sp³-hybridized carbons (Fsp3) is 0.500. The van der Waals surface area contributed by atoms with Crippen molar-refractivity contribution in [3.05, 3.63) is 41.8 Å². The summed E-state index contributed by atoms with van der Waals surface area (Å²) in [7, 11) is 1.91. The maximum Gasteiger partial charge on any atom is 0.227 e. The first-order valence-electron chi connectivity index (χ1n) is 10.4. The Morgan fingerprint density at radius 3 is 2.80 bits per heavy atom. The van der Waals surface area contributed by atoms with Crippen molar-refractivity contribution in [2.75, 3.05) is 36.5 Å². The number of anilines is 2. The Labute approximate surface area is 177 Å². The van der Waals surface area contributed by atoms with Gasteiger partial charge < -0.3 is 19.9 Å². The number of halogens is 1. The first kappa shape index (κ1) is 21.8. The second-order valence-corrected chi connectivity index (χ2v) is 7.73. The van der Waals surface area contributed by atoms with E-state index in [0.717, 1.165) is 30.7 Å². The Kier molecular flexibility index (Phi) is 7.07. The van der Waals surface area contributed by atoms with Crippen molar-refractivity contribution in [1.82, 2.24) is 15.3 Å². The number of rotatable bonds is 8. The van der Waals surface area contributed by atoms with Gasteiger partial charge in [-0.15, -0.1) is 0 Å². The van der Waals surface area contributed by atoms with E-state index in [-0.39, 0.29) is 18.1 Å². The highest BCUT2D eigenvalue weighted by Crippen LogP contribution is 2.26. The van der Waals surface area contributed by atoms with Crippen LogP contribution in [0.4, 0.5) is 16.2 Å². The molecule has 0 spiro atoms. The third-order valence-corrected chi connectivity index (χ3v) is 5.16. The molecule has 0 unspecified atom stereocenters. The molecule has 8 heteroatoms. The number of hydrogen-bond acceptors (Lipinski definition) is 6. The van der Waals surface area contributed by atoms with E-state index in [1.165, 1.54) is 13.1 Å². The molecule has 0 aliphatic carbocycles. The van der Waals surface area contributed by atoms with Crippen LogP contribution >= 0.6 is 0 Å². The molecule has 2 heterocycles. The monoisotopic (exact) mass is 415 g/mol. The third-order valence-electron chi connectivity index (χ3n) is 5.16. The molecule has 7 nitrogen and oxygen atoms in total. The molecular weight excluding hydrogens is 385 g/mol. The minimum absolute atomic E-state index is 0.0465. The highest BCUT2D eigenvalue weighted by atomic mass is 19.1. The summed E-state index contributed by atoms with van der Waals surface area (Å²) >= 11 is 0. The van der Waals surface area contributed by atoms with Crippen molar-refractivity contribution in [2.24, 2.45) is 0 Å². The number of nitrogens with one attached hydrogen (secondary N) is 1. The average molecular weight is 416 g/mol. The van der Waals surface area contributed by atoms with Crippen LogP contribution in [-0.2, 0) is 4.79 Å². The van der Waals surface area contributed by atoms with E-state index >= 15 is 0 Å². The van der Waals surface area contributed by atoms with E-state index in [0.29, 0.717) is 24.9 Å². The van der Waals surface area contributed by atoms with E-state index in [1.807, 2.05) is 48.0 Å². The van der Waals surface area contributed by atoms with Crippen molar-refractivity contribution in [3.8, 4) is 5.75 Å². The first-order chi connectivity index (χ1) is 14.4. The highest BCUT2D eigenvalue weighted by Gasteiger charge is 2.28. The lowest BCUT2D eigenvalue weighted by Crippen LogP contribution is -2.28. The maximum atomic E-state index is 14.4. The number of nitrogens with zero attached hydrogens (tertiary/aromatic N) is 4. The van der Waals surface area contributed by atoms with Crippen molar-refractivity contribution >= 4 is 17.7 Å². The van der Waals surface area contributed by atoms with Gasteiger partial charge in [0.2, 0.25) is 11.9 Å². The predicted octanol–water partition coefficient (Wildman–Crippen LogP) is 3.32. The zero-order chi connectivity index (χ0) is 21.7. The van der Waals surface area contributed by atoms with Crippen LogP contribution < -0.4 is 19.9 Å². The molecule has 162 valence electrons. The van der Waals surface area contributed by atoms with Crippen LogP contribution in [0.5, 0.6) is 5.75 Å². The van der Waals surface area contributed by atoms with E-state index in [9.17, 15) is 9.18 Å². The molecule has 2 atom stereocenters. The molecule has 1 saturated heterocycles. The fourth-order valence-electron chi connectivity index (χ4n) is 3.62. The zero-order valence-electron chi connectivity index (χ0n) is 18.1. The maximum absolute atomic E-state index is 14.4. The van der Waals surface area contributed by atoms with Crippen LogP contribution in [0.2, 0.25) is 0 Å². The van der Waals surface area contributed by atoms with E-state index < -0.39 is 5.82 Å². The van der Waals surface area contributed by atoms with Crippen LogP contribution in [0.15, 0.2) is 30.5 Å². The number of benzene rings is 1. The number of amides is 1. The predicted molar refractivity (Wildman–Crippen MR) is 115 cm³/mol. The molecule has 1 fully saturated rings. The SMILES string of the molecule is CCCN(C)c1ncc(F)c(N2CC[C@@H](Oc3ccc([C@H](C)NC(C)=O)cc3)C2)n1. The lowest BCUT2D eigenvalue weighted by Gasteiger charge is -2.21. The van der Waals surface area contributed by atoms with Crippen molar-refractivity contribution in [1.29, 1.82) is 0 Å². The summed E-state index contributed by atoms with van der Waals surface area (Å²) in [5, 5.41) is 2.86. The number of ether oxygens (including phenoxy) is 1. The molecule has 0 radical (unpaired) electrons. The minimum atomic E-state index is -0.416. The molecule has 1 aliphatic rings. The fourth-order valence-corrected chi connectivity index (χ4v) is 3.62.